The van der Waals surface area contributed by atoms with Gasteiger partial charge in [0.15, 0.2) is 0 Å². The lowest BCUT2D eigenvalue weighted by atomic mass is 9.72. The molecular weight excluding hydrogens is 314 g/mol. The summed E-state index contributed by atoms with van der Waals surface area (Å²) in [5, 5.41) is 9.86. The highest BCUT2D eigenvalue weighted by Gasteiger charge is 2.43. The van der Waals surface area contributed by atoms with Gasteiger partial charge in [0.25, 0.3) is 5.91 Å². The predicted molar refractivity (Wildman–Crippen MR) is 96.8 cm³/mol. The maximum atomic E-state index is 12.9. The summed E-state index contributed by atoms with van der Waals surface area (Å²) in [6.07, 6.45) is 0.867. The van der Waals surface area contributed by atoms with Gasteiger partial charge in [0.1, 0.15) is 0 Å². The van der Waals surface area contributed by atoms with Crippen LogP contribution in [0.4, 0.5) is 0 Å². The quantitative estimate of drug-likeness (QED) is 0.931. The van der Waals surface area contributed by atoms with E-state index >= 15 is 0 Å². The molecule has 25 heavy (non-hydrogen) atoms. The number of aryl methyl sites for hydroxylation is 2. The second kappa shape index (κ2) is 6.71. The zero-order chi connectivity index (χ0) is 18.0. The number of aliphatic carboxylic acids is 1. The highest BCUT2D eigenvalue weighted by molar-refractivity contribution is 5.96. The van der Waals surface area contributed by atoms with Crippen LogP contribution in [0.15, 0.2) is 48.5 Å². The summed E-state index contributed by atoms with van der Waals surface area (Å²) in [6, 6.07) is 15.2. The van der Waals surface area contributed by atoms with E-state index in [0.29, 0.717) is 31.5 Å². The molecule has 130 valence electrons. The smallest absolute Gasteiger partial charge is 0.314 e. The molecule has 3 rings (SSSR count). The molecule has 1 amide bonds. The topological polar surface area (TPSA) is 57.6 Å². The van der Waals surface area contributed by atoms with E-state index < -0.39 is 11.4 Å². The molecule has 0 spiro atoms. The first-order valence-corrected chi connectivity index (χ1v) is 8.59. The van der Waals surface area contributed by atoms with E-state index in [0.717, 1.165) is 16.7 Å². The number of hydrogen-bond acceptors (Lipinski definition) is 2. The van der Waals surface area contributed by atoms with E-state index in [1.54, 1.807) is 4.90 Å². The highest BCUT2D eigenvalue weighted by atomic mass is 16.4. The van der Waals surface area contributed by atoms with Crippen LogP contribution in [0.5, 0.6) is 0 Å². The first kappa shape index (κ1) is 17.2. The average Bonchev–Trinajstić information content (AvgIpc) is 2.64. The summed E-state index contributed by atoms with van der Waals surface area (Å²) in [7, 11) is 0. The van der Waals surface area contributed by atoms with Crippen molar-refractivity contribution < 1.29 is 14.7 Å². The van der Waals surface area contributed by atoms with Gasteiger partial charge in [-0.2, -0.15) is 0 Å². The number of carbonyl (C=O) groups excluding carboxylic acids is 1. The molecule has 4 nitrogen and oxygen atoms in total. The van der Waals surface area contributed by atoms with Crippen LogP contribution in [0.1, 0.15) is 39.9 Å². The van der Waals surface area contributed by atoms with Crippen molar-refractivity contribution in [3.8, 4) is 0 Å². The molecule has 2 aromatic rings. The molecular formula is C21H23NO3. The number of hydrogen-bond donors (Lipinski definition) is 1. The number of rotatable bonds is 3. The molecule has 0 aromatic heterocycles. The van der Waals surface area contributed by atoms with Gasteiger partial charge < -0.3 is 10.0 Å². The molecule has 4 heteroatoms. The summed E-state index contributed by atoms with van der Waals surface area (Å²) >= 11 is 0. The van der Waals surface area contributed by atoms with Crippen molar-refractivity contribution >= 4 is 11.9 Å². The number of piperidine rings is 1. The fourth-order valence-corrected chi connectivity index (χ4v) is 3.61. The summed E-state index contributed by atoms with van der Waals surface area (Å²) in [4.78, 5) is 26.7. The first-order chi connectivity index (χ1) is 11.9. The number of nitrogens with zero attached hydrogens (tertiary/aromatic N) is 1. The standard InChI is InChI=1S/C21H23NO3/c1-15-8-9-16(2)18(14-15)19(23)22-12-10-21(11-13-22,20(24)25)17-6-4-3-5-7-17/h3-9,14H,10-13H2,1-2H3,(H,24,25). The Hall–Kier alpha value is -2.62. The van der Waals surface area contributed by atoms with Gasteiger partial charge in [-0.3, -0.25) is 9.59 Å². The largest absolute Gasteiger partial charge is 0.481 e. The lowest BCUT2D eigenvalue weighted by Gasteiger charge is -2.39. The van der Waals surface area contributed by atoms with Crippen molar-refractivity contribution in [3.05, 3.63) is 70.8 Å². The molecule has 1 N–H and O–H groups in total. The lowest BCUT2D eigenvalue weighted by molar-refractivity contribution is -0.145. The van der Waals surface area contributed by atoms with Crippen molar-refractivity contribution in [1.29, 1.82) is 0 Å². The summed E-state index contributed by atoms with van der Waals surface area (Å²) in [5.41, 5.74) is 2.63. The Kier molecular flexibility index (Phi) is 4.62. The van der Waals surface area contributed by atoms with Gasteiger partial charge in [-0.15, -0.1) is 0 Å². The summed E-state index contributed by atoms with van der Waals surface area (Å²) in [5.74, 6) is -0.814. The molecule has 0 saturated carbocycles. The normalized spacial score (nSPS) is 16.5. The molecule has 0 atom stereocenters. The Labute approximate surface area is 148 Å². The number of carbonyl (C=O) groups is 2. The minimum atomic E-state index is -0.903. The van der Waals surface area contributed by atoms with Crippen molar-refractivity contribution in [2.75, 3.05) is 13.1 Å². The van der Waals surface area contributed by atoms with Gasteiger partial charge in [-0.25, -0.2) is 0 Å². The number of likely N-dealkylation sites (tertiary alicyclic amines) is 1. The zero-order valence-corrected chi connectivity index (χ0v) is 14.7. The van der Waals surface area contributed by atoms with Gasteiger partial charge in [-0.1, -0.05) is 48.0 Å². The van der Waals surface area contributed by atoms with E-state index in [9.17, 15) is 14.7 Å². The van der Waals surface area contributed by atoms with Gasteiger partial charge >= 0.3 is 5.97 Å². The van der Waals surface area contributed by atoms with Crippen molar-refractivity contribution in [3.63, 3.8) is 0 Å². The fraction of sp³-hybridized carbons (Fsp3) is 0.333. The van der Waals surface area contributed by atoms with Crippen molar-refractivity contribution in [2.45, 2.75) is 32.1 Å². The molecule has 0 unspecified atom stereocenters. The Bertz CT molecular complexity index is 790. The third-order valence-electron chi connectivity index (χ3n) is 5.26. The predicted octanol–water partition coefficient (Wildman–Crippen LogP) is 3.56. The van der Waals surface area contributed by atoms with Gasteiger partial charge in [-0.05, 0) is 43.9 Å². The molecule has 0 bridgehead atoms. The van der Waals surface area contributed by atoms with Crippen molar-refractivity contribution in [1.82, 2.24) is 4.90 Å². The molecule has 0 radical (unpaired) electrons. The fourth-order valence-electron chi connectivity index (χ4n) is 3.61. The van der Waals surface area contributed by atoms with Crippen molar-refractivity contribution in [2.24, 2.45) is 0 Å². The molecule has 1 fully saturated rings. The Morgan fingerprint density at radius 2 is 1.64 bits per heavy atom. The Balaban J connectivity index is 1.82. The second-order valence-corrected chi connectivity index (χ2v) is 6.86. The van der Waals surface area contributed by atoms with E-state index in [4.69, 9.17) is 0 Å². The van der Waals surface area contributed by atoms with Gasteiger partial charge in [0.05, 0.1) is 5.41 Å². The van der Waals surface area contributed by atoms with Gasteiger partial charge in [0, 0.05) is 18.7 Å². The number of benzene rings is 2. The Morgan fingerprint density at radius 1 is 1.00 bits per heavy atom. The van der Waals surface area contributed by atoms with Crippen LogP contribution < -0.4 is 0 Å². The van der Waals surface area contributed by atoms with Crippen LogP contribution in [-0.2, 0) is 10.2 Å². The minimum absolute atomic E-state index is 0.00625. The highest BCUT2D eigenvalue weighted by Crippen LogP contribution is 2.36. The molecule has 1 aliphatic heterocycles. The van der Waals surface area contributed by atoms with Crippen LogP contribution in [0.25, 0.3) is 0 Å². The van der Waals surface area contributed by atoms with E-state index in [-0.39, 0.29) is 5.91 Å². The van der Waals surface area contributed by atoms with Crippen LogP contribution in [0.3, 0.4) is 0 Å². The van der Waals surface area contributed by atoms with Gasteiger partial charge in [0.2, 0.25) is 0 Å². The SMILES string of the molecule is Cc1ccc(C)c(C(=O)N2CCC(C(=O)O)(c3ccccc3)CC2)c1. The average molecular weight is 337 g/mol. The monoisotopic (exact) mass is 337 g/mol. The Morgan fingerprint density at radius 3 is 2.24 bits per heavy atom. The molecule has 1 heterocycles. The number of carboxylic acids is 1. The first-order valence-electron chi connectivity index (χ1n) is 8.59. The van der Waals surface area contributed by atoms with E-state index in [1.807, 2.05) is 62.4 Å². The van der Waals surface area contributed by atoms with Crippen LogP contribution in [0.2, 0.25) is 0 Å². The maximum Gasteiger partial charge on any atom is 0.314 e. The zero-order valence-electron chi connectivity index (χ0n) is 14.7. The number of carboxylic acid groups (broad SMARTS) is 1. The molecule has 2 aromatic carbocycles. The molecule has 1 saturated heterocycles. The lowest BCUT2D eigenvalue weighted by Crippen LogP contribution is -2.49. The van der Waals surface area contributed by atoms with E-state index in [1.165, 1.54) is 0 Å². The van der Waals surface area contributed by atoms with Crippen LogP contribution in [0, 0.1) is 13.8 Å². The minimum Gasteiger partial charge on any atom is -0.481 e. The third-order valence-corrected chi connectivity index (χ3v) is 5.26. The summed E-state index contributed by atoms with van der Waals surface area (Å²) < 4.78 is 0. The molecule has 0 aliphatic carbocycles. The van der Waals surface area contributed by atoms with E-state index in [2.05, 4.69) is 0 Å². The molecule has 1 aliphatic rings. The number of amides is 1. The van der Waals surface area contributed by atoms with Crippen LogP contribution in [-0.4, -0.2) is 35.0 Å². The second-order valence-electron chi connectivity index (χ2n) is 6.86. The third kappa shape index (κ3) is 3.16. The van der Waals surface area contributed by atoms with Crippen LogP contribution >= 0.6 is 0 Å². The summed E-state index contributed by atoms with van der Waals surface area (Å²) in [6.45, 7) is 4.81. The maximum absolute atomic E-state index is 12.9.